The van der Waals surface area contributed by atoms with E-state index in [0.717, 1.165) is 5.56 Å². The summed E-state index contributed by atoms with van der Waals surface area (Å²) >= 11 is 3.37. The molecule has 0 radical (unpaired) electrons. The largest absolute Gasteiger partial charge is 0.488 e. The molecule has 0 unspecified atom stereocenters. The van der Waals surface area contributed by atoms with Gasteiger partial charge in [-0.1, -0.05) is 33.6 Å². The third-order valence-corrected chi connectivity index (χ3v) is 5.11. The summed E-state index contributed by atoms with van der Waals surface area (Å²) in [6, 6.07) is 10.3. The van der Waals surface area contributed by atoms with E-state index in [4.69, 9.17) is 4.74 Å². The Morgan fingerprint density at radius 3 is 2.50 bits per heavy atom. The molecule has 1 aliphatic rings. The van der Waals surface area contributed by atoms with Crippen LogP contribution in [-0.2, 0) is 0 Å². The van der Waals surface area contributed by atoms with Gasteiger partial charge >= 0.3 is 12.2 Å². The maximum absolute atomic E-state index is 12.7. The fourth-order valence-electron chi connectivity index (χ4n) is 3.27. The van der Waals surface area contributed by atoms with Gasteiger partial charge in [0.05, 0.1) is 5.69 Å². The molecule has 8 heteroatoms. The fraction of sp³-hybridized carbons (Fsp3) is 0.350. The van der Waals surface area contributed by atoms with Crippen LogP contribution in [0, 0.1) is 6.92 Å². The number of carbonyl (C=O) groups excluding carboxylic acids is 1. The van der Waals surface area contributed by atoms with Gasteiger partial charge in [-0.25, -0.2) is 4.79 Å². The Kier molecular flexibility index (Phi) is 5.88. The number of urea groups is 1. The van der Waals surface area contributed by atoms with Crippen molar-refractivity contribution < 1.29 is 22.7 Å². The van der Waals surface area contributed by atoms with E-state index in [1.165, 1.54) is 0 Å². The average molecular weight is 457 g/mol. The van der Waals surface area contributed by atoms with Crippen LogP contribution in [0.15, 0.2) is 40.9 Å². The molecule has 2 N–H and O–H groups in total. The minimum Gasteiger partial charge on any atom is -0.488 e. The van der Waals surface area contributed by atoms with Crippen LogP contribution in [-0.4, -0.2) is 18.3 Å². The lowest BCUT2D eigenvalue weighted by Crippen LogP contribution is -2.20. The standard InChI is InChI=1S/C20H20BrF3N2O2/c1-11-3-5-14(6-4-11)25-19(27)26-17-10-13(21)9-16-15(7-8-20(22,23)24)12(2)28-18(16)17/h3-6,9-10,12,15H,7-8H2,1-2H3,(H2,25,26,27)/t12-,15-/m1/s1. The zero-order valence-corrected chi connectivity index (χ0v) is 16.9. The Bertz CT molecular complexity index is 869. The molecule has 150 valence electrons. The molecule has 2 aromatic carbocycles. The van der Waals surface area contributed by atoms with Crippen molar-refractivity contribution in [1.29, 1.82) is 0 Å². The normalized spacial score (nSPS) is 18.4. The summed E-state index contributed by atoms with van der Waals surface area (Å²) in [7, 11) is 0. The second kappa shape index (κ2) is 8.03. The number of fused-ring (bicyclic) bond motifs is 1. The van der Waals surface area contributed by atoms with Crippen LogP contribution in [0.5, 0.6) is 5.75 Å². The number of hydrogen-bond donors (Lipinski definition) is 2. The first-order valence-electron chi connectivity index (χ1n) is 8.84. The Labute approximate surface area is 169 Å². The maximum Gasteiger partial charge on any atom is 0.389 e. The van der Waals surface area contributed by atoms with Gasteiger partial charge in [0.15, 0.2) is 0 Å². The number of rotatable bonds is 4. The first kappa shape index (κ1) is 20.5. The molecule has 0 aromatic heterocycles. The molecule has 3 rings (SSSR count). The minimum atomic E-state index is -4.22. The minimum absolute atomic E-state index is 0.0663. The number of carbonyl (C=O) groups is 1. The van der Waals surface area contributed by atoms with E-state index in [-0.39, 0.29) is 6.42 Å². The summed E-state index contributed by atoms with van der Waals surface area (Å²) in [5.74, 6) is 0.0248. The number of hydrogen-bond acceptors (Lipinski definition) is 2. The quantitative estimate of drug-likeness (QED) is 0.543. The molecule has 4 nitrogen and oxygen atoms in total. The van der Waals surface area contributed by atoms with Crippen molar-refractivity contribution in [1.82, 2.24) is 0 Å². The van der Waals surface area contributed by atoms with Gasteiger partial charge in [0.25, 0.3) is 0 Å². The third kappa shape index (κ3) is 4.98. The molecule has 0 saturated heterocycles. The fourth-order valence-corrected chi connectivity index (χ4v) is 3.74. The van der Waals surface area contributed by atoms with Gasteiger partial charge in [-0.15, -0.1) is 0 Å². The van der Waals surface area contributed by atoms with Crippen LogP contribution in [0.25, 0.3) is 0 Å². The molecular weight excluding hydrogens is 437 g/mol. The van der Waals surface area contributed by atoms with Crippen LogP contribution in [0.4, 0.5) is 29.3 Å². The highest BCUT2D eigenvalue weighted by atomic mass is 79.9. The van der Waals surface area contributed by atoms with Gasteiger partial charge in [0.2, 0.25) is 0 Å². The topological polar surface area (TPSA) is 50.4 Å². The van der Waals surface area contributed by atoms with Crippen molar-refractivity contribution in [2.45, 2.75) is 44.9 Å². The Balaban J connectivity index is 1.78. The van der Waals surface area contributed by atoms with E-state index in [2.05, 4.69) is 26.6 Å². The van der Waals surface area contributed by atoms with E-state index < -0.39 is 30.7 Å². The lowest BCUT2D eigenvalue weighted by Gasteiger charge is -2.15. The molecule has 0 aliphatic carbocycles. The van der Waals surface area contributed by atoms with Gasteiger partial charge in [-0.3, -0.25) is 0 Å². The van der Waals surface area contributed by atoms with Crippen LogP contribution in [0.2, 0.25) is 0 Å². The SMILES string of the molecule is Cc1ccc(NC(=O)Nc2cc(Br)cc3c2O[C@H](C)[C@H]3CCC(F)(F)F)cc1. The van der Waals surface area contributed by atoms with Crippen LogP contribution in [0.1, 0.15) is 36.8 Å². The Hall–Kier alpha value is -2.22. The van der Waals surface area contributed by atoms with E-state index in [1.54, 1.807) is 31.2 Å². The molecular formula is C20H20BrF3N2O2. The molecule has 2 atom stereocenters. The molecule has 1 heterocycles. The molecule has 2 amide bonds. The number of nitrogens with one attached hydrogen (secondary N) is 2. The van der Waals surface area contributed by atoms with E-state index in [1.807, 2.05) is 19.1 Å². The van der Waals surface area contributed by atoms with Crippen molar-refractivity contribution in [3.05, 3.63) is 52.0 Å². The smallest absolute Gasteiger partial charge is 0.389 e. The molecule has 0 saturated carbocycles. The Morgan fingerprint density at radius 2 is 1.86 bits per heavy atom. The first-order chi connectivity index (χ1) is 13.1. The summed E-state index contributed by atoms with van der Waals surface area (Å²) in [5.41, 5.74) is 2.78. The number of amides is 2. The number of aryl methyl sites for hydroxylation is 1. The van der Waals surface area contributed by atoms with Crippen molar-refractivity contribution in [2.75, 3.05) is 10.6 Å². The Morgan fingerprint density at radius 1 is 1.18 bits per heavy atom. The molecule has 2 aromatic rings. The highest BCUT2D eigenvalue weighted by Gasteiger charge is 2.37. The zero-order valence-electron chi connectivity index (χ0n) is 15.4. The second-order valence-corrected chi connectivity index (χ2v) is 7.82. The van der Waals surface area contributed by atoms with E-state index in [9.17, 15) is 18.0 Å². The lowest BCUT2D eigenvalue weighted by molar-refractivity contribution is -0.136. The van der Waals surface area contributed by atoms with Crippen molar-refractivity contribution in [2.24, 2.45) is 0 Å². The summed E-state index contributed by atoms with van der Waals surface area (Å²) in [4.78, 5) is 12.4. The summed E-state index contributed by atoms with van der Waals surface area (Å²) in [6.45, 7) is 3.69. The van der Waals surface area contributed by atoms with E-state index in [0.29, 0.717) is 27.2 Å². The molecule has 0 bridgehead atoms. The number of alkyl halides is 3. The molecule has 0 spiro atoms. The van der Waals surface area contributed by atoms with Gasteiger partial charge < -0.3 is 15.4 Å². The third-order valence-electron chi connectivity index (χ3n) is 4.65. The average Bonchev–Trinajstić information content (AvgIpc) is 2.90. The maximum atomic E-state index is 12.7. The van der Waals surface area contributed by atoms with Crippen LogP contribution >= 0.6 is 15.9 Å². The van der Waals surface area contributed by atoms with Crippen molar-refractivity contribution >= 4 is 33.3 Å². The van der Waals surface area contributed by atoms with Gasteiger partial charge in [0, 0.05) is 28.1 Å². The van der Waals surface area contributed by atoms with Crippen LogP contribution in [0.3, 0.4) is 0 Å². The number of anilines is 2. The zero-order chi connectivity index (χ0) is 20.5. The second-order valence-electron chi connectivity index (χ2n) is 6.90. The number of benzene rings is 2. The van der Waals surface area contributed by atoms with Crippen LogP contribution < -0.4 is 15.4 Å². The predicted octanol–water partition coefficient (Wildman–Crippen LogP) is 6.61. The predicted molar refractivity (Wildman–Crippen MR) is 106 cm³/mol. The number of ether oxygens (including phenoxy) is 1. The lowest BCUT2D eigenvalue weighted by atomic mass is 9.91. The van der Waals surface area contributed by atoms with Gasteiger partial charge in [-0.05, 0) is 44.5 Å². The van der Waals surface area contributed by atoms with Gasteiger partial charge in [-0.2, -0.15) is 13.2 Å². The summed E-state index contributed by atoms with van der Waals surface area (Å²) in [5, 5.41) is 5.46. The monoisotopic (exact) mass is 456 g/mol. The highest BCUT2D eigenvalue weighted by molar-refractivity contribution is 9.10. The summed E-state index contributed by atoms with van der Waals surface area (Å²) in [6.07, 6.45) is -5.58. The van der Waals surface area contributed by atoms with Crippen molar-refractivity contribution in [3.8, 4) is 5.75 Å². The molecule has 0 fully saturated rings. The van der Waals surface area contributed by atoms with Crippen molar-refractivity contribution in [3.63, 3.8) is 0 Å². The molecule has 1 aliphatic heterocycles. The molecule has 28 heavy (non-hydrogen) atoms. The first-order valence-corrected chi connectivity index (χ1v) is 9.63. The van der Waals surface area contributed by atoms with Gasteiger partial charge in [0.1, 0.15) is 11.9 Å². The van der Waals surface area contributed by atoms with E-state index >= 15 is 0 Å². The number of halogens is 4. The summed E-state index contributed by atoms with van der Waals surface area (Å²) < 4.78 is 44.4. The highest BCUT2D eigenvalue weighted by Crippen LogP contribution is 2.47.